The Morgan fingerprint density at radius 2 is 1.93 bits per heavy atom. The van der Waals surface area contributed by atoms with Crippen LogP contribution in [0.2, 0.25) is 0 Å². The maximum absolute atomic E-state index is 5.94. The number of aromatic nitrogens is 2. The summed E-state index contributed by atoms with van der Waals surface area (Å²) < 4.78 is 18.8. The summed E-state index contributed by atoms with van der Waals surface area (Å²) in [4.78, 5) is 2.44. The Morgan fingerprint density at radius 3 is 2.67 bits per heavy atom. The highest BCUT2D eigenvalue weighted by Crippen LogP contribution is 2.29. The van der Waals surface area contributed by atoms with E-state index in [0.717, 1.165) is 56.3 Å². The molecular weight excluding hydrogens is 378 g/mol. The van der Waals surface area contributed by atoms with Crippen LogP contribution < -0.4 is 9.47 Å². The van der Waals surface area contributed by atoms with Crippen LogP contribution in [0.3, 0.4) is 0 Å². The molecule has 4 rings (SSSR count). The van der Waals surface area contributed by atoms with Crippen molar-refractivity contribution in [2.45, 2.75) is 32.0 Å². The number of rotatable bonds is 9. The Hall–Kier alpha value is -2.83. The van der Waals surface area contributed by atoms with E-state index >= 15 is 0 Å². The fourth-order valence-corrected chi connectivity index (χ4v) is 4.02. The highest BCUT2D eigenvalue weighted by molar-refractivity contribution is 5.43. The van der Waals surface area contributed by atoms with Gasteiger partial charge in [-0.15, -0.1) is 0 Å². The van der Waals surface area contributed by atoms with Gasteiger partial charge in [-0.25, -0.2) is 4.68 Å². The van der Waals surface area contributed by atoms with Gasteiger partial charge in [-0.1, -0.05) is 24.3 Å². The second kappa shape index (κ2) is 9.78. The molecule has 0 spiro atoms. The molecular formula is C24H29N3O3. The molecule has 0 aliphatic carbocycles. The van der Waals surface area contributed by atoms with Crippen molar-refractivity contribution in [1.29, 1.82) is 0 Å². The van der Waals surface area contributed by atoms with Crippen LogP contribution in [0.1, 0.15) is 24.0 Å². The van der Waals surface area contributed by atoms with Crippen molar-refractivity contribution in [2.75, 3.05) is 27.4 Å². The highest BCUT2D eigenvalue weighted by atomic mass is 16.5. The van der Waals surface area contributed by atoms with Gasteiger partial charge in [0.2, 0.25) is 0 Å². The summed E-state index contributed by atoms with van der Waals surface area (Å²) in [5, 5.41) is 4.43. The fourth-order valence-electron chi connectivity index (χ4n) is 4.02. The van der Waals surface area contributed by atoms with E-state index in [9.17, 15) is 0 Å². The van der Waals surface area contributed by atoms with Gasteiger partial charge in [0, 0.05) is 38.6 Å². The van der Waals surface area contributed by atoms with E-state index in [1.54, 1.807) is 14.2 Å². The molecule has 30 heavy (non-hydrogen) atoms. The molecule has 1 aliphatic rings. The lowest BCUT2D eigenvalue weighted by Crippen LogP contribution is -2.31. The first-order chi connectivity index (χ1) is 14.8. The predicted octanol–water partition coefficient (Wildman–Crippen LogP) is 4.07. The number of para-hydroxylation sites is 1. The summed E-state index contributed by atoms with van der Waals surface area (Å²) in [5.74, 6) is 1.50. The van der Waals surface area contributed by atoms with Crippen molar-refractivity contribution in [2.24, 2.45) is 0 Å². The van der Waals surface area contributed by atoms with Crippen molar-refractivity contribution < 1.29 is 14.2 Å². The van der Waals surface area contributed by atoms with E-state index in [1.807, 2.05) is 29.2 Å². The minimum atomic E-state index is 0.280. The number of ether oxygens (including phenoxy) is 3. The van der Waals surface area contributed by atoms with Crippen LogP contribution >= 0.6 is 0 Å². The normalized spacial score (nSPS) is 16.2. The van der Waals surface area contributed by atoms with E-state index in [-0.39, 0.29) is 6.10 Å². The third-order valence-electron chi connectivity index (χ3n) is 5.48. The van der Waals surface area contributed by atoms with Gasteiger partial charge in [0.15, 0.2) is 11.5 Å². The molecule has 0 bridgehead atoms. The van der Waals surface area contributed by atoms with Gasteiger partial charge >= 0.3 is 0 Å². The molecule has 2 aromatic carbocycles. The molecule has 1 fully saturated rings. The number of hydrogen-bond donors (Lipinski definition) is 0. The van der Waals surface area contributed by atoms with Crippen LogP contribution in [-0.4, -0.2) is 48.2 Å². The van der Waals surface area contributed by atoms with E-state index in [1.165, 1.54) is 11.1 Å². The van der Waals surface area contributed by atoms with E-state index in [2.05, 4.69) is 46.4 Å². The van der Waals surface area contributed by atoms with Crippen LogP contribution in [0, 0.1) is 0 Å². The third-order valence-corrected chi connectivity index (χ3v) is 5.48. The average molecular weight is 408 g/mol. The summed E-state index contributed by atoms with van der Waals surface area (Å²) in [6, 6.07) is 16.5. The fraction of sp³-hybridized carbons (Fsp3) is 0.375. The van der Waals surface area contributed by atoms with Crippen LogP contribution in [-0.2, 0) is 17.8 Å². The molecule has 1 aliphatic heterocycles. The zero-order valence-corrected chi connectivity index (χ0v) is 17.7. The van der Waals surface area contributed by atoms with Gasteiger partial charge in [0.05, 0.1) is 26.0 Å². The Kier molecular flexibility index (Phi) is 6.67. The van der Waals surface area contributed by atoms with E-state index in [0.29, 0.717) is 0 Å². The first-order valence-corrected chi connectivity index (χ1v) is 10.4. The lowest BCUT2D eigenvalue weighted by atomic mass is 10.1. The largest absolute Gasteiger partial charge is 0.493 e. The minimum Gasteiger partial charge on any atom is -0.493 e. The predicted molar refractivity (Wildman–Crippen MR) is 116 cm³/mol. The van der Waals surface area contributed by atoms with Gasteiger partial charge in [0.1, 0.15) is 0 Å². The van der Waals surface area contributed by atoms with Crippen LogP contribution in [0.5, 0.6) is 11.5 Å². The maximum atomic E-state index is 5.94. The quantitative estimate of drug-likeness (QED) is 0.535. The number of methoxy groups -OCH3 is 2. The summed E-state index contributed by atoms with van der Waals surface area (Å²) in [6.45, 7) is 3.36. The SMILES string of the molecule is COc1ccc(CN(Cc2ccccc2-n2cccn2)C[C@H]2CCCO2)cc1OC. The molecule has 0 unspecified atom stereocenters. The molecule has 0 amide bonds. The second-order valence-corrected chi connectivity index (χ2v) is 7.57. The lowest BCUT2D eigenvalue weighted by molar-refractivity contribution is 0.0678. The number of nitrogens with zero attached hydrogens (tertiary/aromatic N) is 3. The molecule has 0 saturated carbocycles. The smallest absolute Gasteiger partial charge is 0.161 e. The Morgan fingerprint density at radius 1 is 1.07 bits per heavy atom. The monoisotopic (exact) mass is 407 g/mol. The zero-order valence-electron chi connectivity index (χ0n) is 17.7. The summed E-state index contributed by atoms with van der Waals surface area (Å²) in [6.07, 6.45) is 6.33. The van der Waals surface area contributed by atoms with E-state index in [4.69, 9.17) is 14.2 Å². The van der Waals surface area contributed by atoms with Gasteiger partial charge in [-0.05, 0) is 48.2 Å². The number of benzene rings is 2. The summed E-state index contributed by atoms with van der Waals surface area (Å²) in [5.41, 5.74) is 3.52. The Labute approximate surface area is 178 Å². The lowest BCUT2D eigenvalue weighted by Gasteiger charge is -2.26. The molecule has 1 aromatic heterocycles. The topological polar surface area (TPSA) is 48.8 Å². The molecule has 1 saturated heterocycles. The molecule has 158 valence electrons. The average Bonchev–Trinajstić information content (AvgIpc) is 3.48. The van der Waals surface area contributed by atoms with Crippen LogP contribution in [0.4, 0.5) is 0 Å². The van der Waals surface area contributed by atoms with Gasteiger partial charge in [-0.3, -0.25) is 4.90 Å². The second-order valence-electron chi connectivity index (χ2n) is 7.57. The molecule has 0 radical (unpaired) electrons. The highest BCUT2D eigenvalue weighted by Gasteiger charge is 2.21. The van der Waals surface area contributed by atoms with Gasteiger partial charge in [0.25, 0.3) is 0 Å². The molecule has 2 heterocycles. The Balaban J connectivity index is 1.58. The number of hydrogen-bond acceptors (Lipinski definition) is 5. The van der Waals surface area contributed by atoms with Crippen LogP contribution in [0.15, 0.2) is 60.9 Å². The molecule has 3 aromatic rings. The molecule has 6 nitrogen and oxygen atoms in total. The van der Waals surface area contributed by atoms with E-state index < -0.39 is 0 Å². The summed E-state index contributed by atoms with van der Waals surface area (Å²) >= 11 is 0. The van der Waals surface area contributed by atoms with Gasteiger partial charge in [-0.2, -0.15) is 5.10 Å². The third kappa shape index (κ3) is 4.83. The maximum Gasteiger partial charge on any atom is 0.161 e. The molecule has 1 atom stereocenters. The molecule has 6 heteroatoms. The zero-order chi connectivity index (χ0) is 20.8. The minimum absolute atomic E-state index is 0.280. The van der Waals surface area contributed by atoms with Crippen molar-refractivity contribution in [3.05, 3.63) is 72.1 Å². The van der Waals surface area contributed by atoms with Crippen molar-refractivity contribution in [3.8, 4) is 17.2 Å². The van der Waals surface area contributed by atoms with Crippen molar-refractivity contribution in [3.63, 3.8) is 0 Å². The first-order valence-electron chi connectivity index (χ1n) is 10.4. The van der Waals surface area contributed by atoms with Crippen molar-refractivity contribution >= 4 is 0 Å². The van der Waals surface area contributed by atoms with Crippen LogP contribution in [0.25, 0.3) is 5.69 Å². The summed E-state index contributed by atoms with van der Waals surface area (Å²) in [7, 11) is 3.33. The standard InChI is InChI=1S/C24H29N3O3/c1-28-23-11-10-19(15-24(23)29-2)16-26(18-21-8-5-14-30-21)17-20-7-3-4-9-22(20)27-13-6-12-25-27/h3-4,6-7,9-13,15,21H,5,8,14,16-18H2,1-2H3/t21-/m1/s1. The molecule has 0 N–H and O–H groups in total. The first kappa shape index (κ1) is 20.4. The Bertz CT molecular complexity index is 937. The van der Waals surface area contributed by atoms with Crippen molar-refractivity contribution in [1.82, 2.24) is 14.7 Å². The van der Waals surface area contributed by atoms with Gasteiger partial charge < -0.3 is 14.2 Å².